The molecule has 10 heteroatoms. The van der Waals surface area contributed by atoms with E-state index in [4.69, 9.17) is 0 Å². The Balaban J connectivity index is 1.48. The highest BCUT2D eigenvalue weighted by Crippen LogP contribution is 2.24. The number of nitrogens with one attached hydrogen (secondary N) is 1. The summed E-state index contributed by atoms with van der Waals surface area (Å²) in [6.45, 7) is 0.702. The number of benzene rings is 1. The Kier molecular flexibility index (Phi) is 5.05. The van der Waals surface area contributed by atoms with Crippen molar-refractivity contribution < 1.29 is 13.2 Å². The molecule has 1 aliphatic heterocycles. The molecule has 9 nitrogen and oxygen atoms in total. The van der Waals surface area contributed by atoms with E-state index >= 15 is 0 Å². The normalized spacial score (nSPS) is 16.2. The van der Waals surface area contributed by atoms with Crippen LogP contribution < -0.4 is 5.32 Å². The van der Waals surface area contributed by atoms with Crippen LogP contribution in [0, 0.1) is 5.92 Å². The number of amides is 1. The molecule has 3 aromatic rings. The van der Waals surface area contributed by atoms with Gasteiger partial charge in [-0.25, -0.2) is 22.7 Å². The Morgan fingerprint density at radius 1 is 1.17 bits per heavy atom. The van der Waals surface area contributed by atoms with Crippen LogP contribution in [0.4, 0.5) is 5.95 Å². The lowest BCUT2D eigenvalue weighted by Crippen LogP contribution is -2.41. The second kappa shape index (κ2) is 7.53. The minimum absolute atomic E-state index is 0.180. The van der Waals surface area contributed by atoms with Gasteiger partial charge < -0.3 is 0 Å². The maximum atomic E-state index is 12.6. The first-order valence-electron chi connectivity index (χ1n) is 9.31. The van der Waals surface area contributed by atoms with Crippen LogP contribution in [-0.2, 0) is 21.9 Å². The van der Waals surface area contributed by atoms with Crippen LogP contribution in [0.2, 0.25) is 0 Å². The molecule has 152 valence electrons. The fourth-order valence-electron chi connectivity index (χ4n) is 3.50. The van der Waals surface area contributed by atoms with Gasteiger partial charge in [0, 0.05) is 49.4 Å². The number of carbonyl (C=O) groups excluding carboxylic acids is 1. The number of hydrogen-bond acceptors (Lipinski definition) is 6. The van der Waals surface area contributed by atoms with Crippen LogP contribution in [0.25, 0.3) is 22.0 Å². The summed E-state index contributed by atoms with van der Waals surface area (Å²) in [5.41, 5.74) is 2.69. The standard InChI is InChI=1S/C19H22N6O3S/c1-24-12-16(11-21-24)14-3-4-15-10-20-19(22-17(15)9-14)23-18(26)13-5-7-25(8-6-13)29(2,27)28/h3-4,9-13H,5-8H2,1-2H3,(H,20,22,23,26). The lowest BCUT2D eigenvalue weighted by molar-refractivity contribution is -0.121. The highest BCUT2D eigenvalue weighted by molar-refractivity contribution is 7.88. The summed E-state index contributed by atoms with van der Waals surface area (Å²) in [5.74, 6) is -0.189. The molecule has 0 atom stereocenters. The number of hydrogen-bond donors (Lipinski definition) is 1. The second-order valence-electron chi connectivity index (χ2n) is 7.30. The molecule has 3 heterocycles. The molecule has 0 radical (unpaired) electrons. The highest BCUT2D eigenvalue weighted by Gasteiger charge is 2.29. The third kappa shape index (κ3) is 4.28. The average Bonchev–Trinajstić information content (AvgIpc) is 3.13. The minimum Gasteiger partial charge on any atom is -0.294 e. The van der Waals surface area contributed by atoms with Crippen molar-refractivity contribution in [3.05, 3.63) is 36.8 Å². The molecule has 0 aliphatic carbocycles. The second-order valence-corrected chi connectivity index (χ2v) is 9.28. The molecular formula is C19H22N6O3S. The van der Waals surface area contributed by atoms with Crippen molar-refractivity contribution in [2.24, 2.45) is 13.0 Å². The van der Waals surface area contributed by atoms with Crippen LogP contribution in [0.3, 0.4) is 0 Å². The summed E-state index contributed by atoms with van der Waals surface area (Å²) < 4.78 is 26.4. The van der Waals surface area contributed by atoms with E-state index < -0.39 is 10.0 Å². The maximum Gasteiger partial charge on any atom is 0.229 e. The number of sulfonamides is 1. The van der Waals surface area contributed by atoms with Crippen LogP contribution in [0.1, 0.15) is 12.8 Å². The SMILES string of the molecule is Cn1cc(-c2ccc3cnc(NC(=O)C4CCN(S(C)(=O)=O)CC4)nc3c2)cn1. The lowest BCUT2D eigenvalue weighted by Gasteiger charge is -2.29. The monoisotopic (exact) mass is 414 g/mol. The fraction of sp³-hybridized carbons (Fsp3) is 0.368. The lowest BCUT2D eigenvalue weighted by atomic mass is 9.97. The maximum absolute atomic E-state index is 12.6. The zero-order chi connectivity index (χ0) is 20.6. The summed E-state index contributed by atoms with van der Waals surface area (Å²) in [5, 5.41) is 7.84. The van der Waals surface area contributed by atoms with Gasteiger partial charge in [0.05, 0.1) is 18.0 Å². The van der Waals surface area contributed by atoms with Crippen molar-refractivity contribution in [2.45, 2.75) is 12.8 Å². The van der Waals surface area contributed by atoms with Crippen molar-refractivity contribution in [1.29, 1.82) is 0 Å². The van der Waals surface area contributed by atoms with Gasteiger partial charge in [0.15, 0.2) is 0 Å². The number of carbonyl (C=O) groups is 1. The first kappa shape index (κ1) is 19.5. The summed E-state index contributed by atoms with van der Waals surface area (Å²) in [6, 6.07) is 5.86. The molecule has 0 bridgehead atoms. The molecule has 4 rings (SSSR count). The Bertz CT molecular complexity index is 1170. The van der Waals surface area contributed by atoms with E-state index in [1.807, 2.05) is 31.4 Å². The number of fused-ring (bicyclic) bond motifs is 1. The minimum atomic E-state index is -3.21. The number of aromatic nitrogens is 4. The van der Waals surface area contributed by atoms with E-state index in [9.17, 15) is 13.2 Å². The molecule has 0 unspecified atom stereocenters. The molecule has 1 N–H and O–H groups in total. The van der Waals surface area contributed by atoms with E-state index in [0.29, 0.717) is 25.9 Å². The van der Waals surface area contributed by atoms with E-state index in [-0.39, 0.29) is 17.8 Å². The Morgan fingerprint density at radius 2 is 1.93 bits per heavy atom. The van der Waals surface area contributed by atoms with Crippen LogP contribution in [0.5, 0.6) is 0 Å². The molecule has 1 aromatic carbocycles. The quantitative estimate of drug-likeness (QED) is 0.695. The summed E-state index contributed by atoms with van der Waals surface area (Å²) in [6.07, 6.45) is 7.55. The number of nitrogens with zero attached hydrogens (tertiary/aromatic N) is 5. The van der Waals surface area contributed by atoms with E-state index in [0.717, 1.165) is 22.0 Å². The smallest absolute Gasteiger partial charge is 0.229 e. The molecule has 29 heavy (non-hydrogen) atoms. The third-order valence-corrected chi connectivity index (χ3v) is 6.45. The number of piperidine rings is 1. The van der Waals surface area contributed by atoms with Crippen molar-refractivity contribution in [1.82, 2.24) is 24.1 Å². The number of rotatable bonds is 4. The fourth-order valence-corrected chi connectivity index (χ4v) is 4.37. The van der Waals surface area contributed by atoms with Crippen molar-refractivity contribution >= 4 is 32.8 Å². The topological polar surface area (TPSA) is 110 Å². The van der Waals surface area contributed by atoms with Gasteiger partial charge in [-0.05, 0) is 24.5 Å². The largest absolute Gasteiger partial charge is 0.294 e. The van der Waals surface area contributed by atoms with Crippen LogP contribution in [0.15, 0.2) is 36.8 Å². The predicted octanol–water partition coefficient (Wildman–Crippen LogP) is 1.64. The van der Waals surface area contributed by atoms with Gasteiger partial charge >= 0.3 is 0 Å². The Hall–Kier alpha value is -2.85. The van der Waals surface area contributed by atoms with Gasteiger partial charge in [0.1, 0.15) is 0 Å². The number of anilines is 1. The van der Waals surface area contributed by atoms with Gasteiger partial charge in [-0.1, -0.05) is 12.1 Å². The van der Waals surface area contributed by atoms with Crippen LogP contribution in [-0.4, -0.2) is 57.7 Å². The highest BCUT2D eigenvalue weighted by atomic mass is 32.2. The van der Waals surface area contributed by atoms with Gasteiger partial charge in [0.25, 0.3) is 0 Å². The number of aryl methyl sites for hydroxylation is 1. The van der Waals surface area contributed by atoms with Gasteiger partial charge in [-0.3, -0.25) is 14.8 Å². The summed E-state index contributed by atoms with van der Waals surface area (Å²) in [7, 11) is -1.35. The van der Waals surface area contributed by atoms with Gasteiger partial charge in [-0.15, -0.1) is 0 Å². The van der Waals surface area contributed by atoms with E-state index in [2.05, 4.69) is 20.4 Å². The van der Waals surface area contributed by atoms with E-state index in [1.54, 1.807) is 17.1 Å². The van der Waals surface area contributed by atoms with Gasteiger partial charge in [0.2, 0.25) is 21.9 Å². The van der Waals surface area contributed by atoms with E-state index in [1.165, 1.54) is 10.6 Å². The average molecular weight is 414 g/mol. The Labute approximate surface area is 168 Å². The third-order valence-electron chi connectivity index (χ3n) is 5.15. The van der Waals surface area contributed by atoms with Crippen LogP contribution >= 0.6 is 0 Å². The van der Waals surface area contributed by atoms with Crippen molar-refractivity contribution in [3.63, 3.8) is 0 Å². The Morgan fingerprint density at radius 3 is 2.59 bits per heavy atom. The summed E-state index contributed by atoms with van der Waals surface area (Å²) in [4.78, 5) is 21.3. The molecule has 1 saturated heterocycles. The molecular weight excluding hydrogens is 392 g/mol. The molecule has 0 saturated carbocycles. The summed E-state index contributed by atoms with van der Waals surface area (Å²) >= 11 is 0. The van der Waals surface area contributed by atoms with Crippen molar-refractivity contribution in [2.75, 3.05) is 24.7 Å². The van der Waals surface area contributed by atoms with Crippen molar-refractivity contribution in [3.8, 4) is 11.1 Å². The zero-order valence-electron chi connectivity index (χ0n) is 16.2. The molecule has 0 spiro atoms. The van der Waals surface area contributed by atoms with Gasteiger partial charge in [-0.2, -0.15) is 5.10 Å². The molecule has 1 aliphatic rings. The molecule has 2 aromatic heterocycles. The molecule has 1 amide bonds. The predicted molar refractivity (Wildman–Crippen MR) is 110 cm³/mol. The molecule has 1 fully saturated rings. The first-order chi connectivity index (χ1) is 13.8. The zero-order valence-corrected chi connectivity index (χ0v) is 17.1. The first-order valence-corrected chi connectivity index (χ1v) is 11.2.